The van der Waals surface area contributed by atoms with E-state index in [2.05, 4.69) is 27.8 Å². The lowest BCUT2D eigenvalue weighted by atomic mass is 10.0. The largest absolute Gasteiger partial charge is 0.324 e. The van der Waals surface area contributed by atoms with Crippen LogP contribution >= 0.6 is 0 Å². The Labute approximate surface area is 146 Å². The smallest absolute Gasteiger partial charge is 0.249 e. The number of anilines is 1. The van der Waals surface area contributed by atoms with E-state index in [1.165, 1.54) is 11.0 Å². The molecule has 25 heavy (non-hydrogen) atoms. The number of carbonyl (C=O) groups is 1. The Kier molecular flexibility index (Phi) is 5.18. The molecule has 0 bridgehead atoms. The highest BCUT2D eigenvalue weighted by molar-refractivity contribution is 5.95. The van der Waals surface area contributed by atoms with E-state index in [4.69, 9.17) is 0 Å². The molecule has 0 saturated carbocycles. The molecule has 0 aliphatic rings. The summed E-state index contributed by atoms with van der Waals surface area (Å²) in [5.74, 6) is -0.125. The van der Waals surface area contributed by atoms with Gasteiger partial charge in [0, 0.05) is 12.1 Å². The van der Waals surface area contributed by atoms with Gasteiger partial charge in [0.25, 0.3) is 0 Å². The summed E-state index contributed by atoms with van der Waals surface area (Å²) in [6, 6.07) is 15.4. The van der Waals surface area contributed by atoms with Crippen LogP contribution in [0.3, 0.4) is 0 Å². The number of amides is 1. The van der Waals surface area contributed by atoms with Gasteiger partial charge in [0.1, 0.15) is 12.4 Å². The van der Waals surface area contributed by atoms with Crippen molar-refractivity contribution in [2.24, 2.45) is 0 Å². The van der Waals surface area contributed by atoms with E-state index in [9.17, 15) is 4.79 Å². The van der Waals surface area contributed by atoms with Gasteiger partial charge in [0.05, 0.1) is 0 Å². The summed E-state index contributed by atoms with van der Waals surface area (Å²) < 4.78 is 1.51. The summed E-state index contributed by atoms with van der Waals surface area (Å²) in [7, 11) is 0. The van der Waals surface area contributed by atoms with Gasteiger partial charge in [-0.15, -0.1) is 5.10 Å². The van der Waals surface area contributed by atoms with Crippen LogP contribution in [0.1, 0.15) is 29.7 Å². The first-order chi connectivity index (χ1) is 12.2. The van der Waals surface area contributed by atoms with E-state index in [1.807, 2.05) is 55.5 Å². The highest BCUT2D eigenvalue weighted by atomic mass is 16.2. The number of carbonyl (C=O) groups excluding carboxylic acids is 1. The van der Waals surface area contributed by atoms with Crippen molar-refractivity contribution in [1.29, 1.82) is 0 Å². The molecule has 0 aliphatic carbocycles. The van der Waals surface area contributed by atoms with Crippen molar-refractivity contribution in [2.75, 3.05) is 5.32 Å². The lowest BCUT2D eigenvalue weighted by Crippen LogP contribution is -2.29. The second kappa shape index (κ2) is 7.70. The fraction of sp³-hybridized carbons (Fsp3) is 0.263. The van der Waals surface area contributed by atoms with Crippen molar-refractivity contribution in [1.82, 2.24) is 20.2 Å². The van der Waals surface area contributed by atoms with Crippen LogP contribution in [0.25, 0.3) is 0 Å². The summed E-state index contributed by atoms with van der Waals surface area (Å²) in [6.45, 7) is 4.07. The second-order valence-corrected chi connectivity index (χ2v) is 5.95. The van der Waals surface area contributed by atoms with Crippen LogP contribution in [0, 0.1) is 6.92 Å². The third-order valence-electron chi connectivity index (χ3n) is 4.25. The minimum atomic E-state index is -0.512. The maximum atomic E-state index is 13.0. The Morgan fingerprint density at radius 3 is 2.64 bits per heavy atom. The van der Waals surface area contributed by atoms with Crippen LogP contribution in [0.15, 0.2) is 54.9 Å². The van der Waals surface area contributed by atoms with Crippen molar-refractivity contribution >= 4 is 11.6 Å². The van der Waals surface area contributed by atoms with Crippen molar-refractivity contribution < 1.29 is 4.79 Å². The van der Waals surface area contributed by atoms with E-state index < -0.39 is 6.04 Å². The van der Waals surface area contributed by atoms with E-state index in [1.54, 1.807) is 0 Å². The normalized spacial score (nSPS) is 11.9. The number of para-hydroxylation sites is 1. The average Bonchev–Trinajstić information content (AvgIpc) is 3.16. The Balaban J connectivity index is 1.88. The number of nitrogens with zero attached hydrogens (tertiary/aromatic N) is 4. The van der Waals surface area contributed by atoms with Gasteiger partial charge < -0.3 is 5.32 Å². The molecule has 0 radical (unpaired) electrons. The molecular formula is C19H21N5O. The predicted octanol–water partition coefficient (Wildman–Crippen LogP) is 2.97. The molecule has 0 saturated heterocycles. The Morgan fingerprint density at radius 2 is 1.96 bits per heavy atom. The number of benzene rings is 2. The van der Waals surface area contributed by atoms with Gasteiger partial charge in [-0.3, -0.25) is 4.79 Å². The van der Waals surface area contributed by atoms with Gasteiger partial charge in [-0.25, -0.2) is 4.68 Å². The lowest BCUT2D eigenvalue weighted by molar-refractivity contribution is -0.119. The average molecular weight is 335 g/mol. The van der Waals surface area contributed by atoms with Gasteiger partial charge in [0.2, 0.25) is 5.91 Å². The Morgan fingerprint density at radius 1 is 1.16 bits per heavy atom. The van der Waals surface area contributed by atoms with Crippen LogP contribution in [0.4, 0.5) is 5.69 Å². The second-order valence-electron chi connectivity index (χ2n) is 5.95. The molecule has 0 fully saturated rings. The molecule has 1 atom stereocenters. The van der Waals surface area contributed by atoms with Crippen LogP contribution in [-0.4, -0.2) is 26.1 Å². The van der Waals surface area contributed by atoms with Gasteiger partial charge in [-0.1, -0.05) is 55.5 Å². The number of tetrazole rings is 1. The van der Waals surface area contributed by atoms with Gasteiger partial charge in [-0.05, 0) is 40.5 Å². The van der Waals surface area contributed by atoms with Gasteiger partial charge >= 0.3 is 0 Å². The molecule has 6 heteroatoms. The number of hydrogen-bond donors (Lipinski definition) is 1. The molecule has 1 N–H and O–H groups in total. The summed E-state index contributed by atoms with van der Waals surface area (Å²) in [5, 5.41) is 14.4. The first-order valence-electron chi connectivity index (χ1n) is 8.34. The quantitative estimate of drug-likeness (QED) is 0.752. The summed E-state index contributed by atoms with van der Waals surface area (Å²) in [6.07, 6.45) is 2.85. The maximum absolute atomic E-state index is 13.0. The maximum Gasteiger partial charge on any atom is 0.249 e. The highest BCUT2D eigenvalue weighted by Gasteiger charge is 2.23. The molecule has 2 aromatic carbocycles. The van der Waals surface area contributed by atoms with Gasteiger partial charge in [0.15, 0.2) is 0 Å². The monoisotopic (exact) mass is 335 g/mol. The van der Waals surface area contributed by atoms with Gasteiger partial charge in [-0.2, -0.15) is 0 Å². The van der Waals surface area contributed by atoms with Crippen LogP contribution in [0.5, 0.6) is 0 Å². The minimum Gasteiger partial charge on any atom is -0.324 e. The molecule has 1 amide bonds. The summed E-state index contributed by atoms with van der Waals surface area (Å²) in [5.41, 5.74) is 4.09. The van der Waals surface area contributed by atoms with Crippen LogP contribution in [-0.2, 0) is 17.6 Å². The number of aryl methyl sites for hydroxylation is 2. The zero-order valence-electron chi connectivity index (χ0n) is 14.4. The third-order valence-corrected chi connectivity index (χ3v) is 4.25. The minimum absolute atomic E-state index is 0.125. The number of nitrogens with one attached hydrogen (secondary N) is 1. The first-order valence-corrected chi connectivity index (χ1v) is 8.34. The SMILES string of the molecule is CCc1cccc(C)c1NC(=O)[C@@H](Cc1ccccc1)n1cnnn1. The van der Waals surface area contributed by atoms with Crippen molar-refractivity contribution in [2.45, 2.75) is 32.7 Å². The van der Waals surface area contributed by atoms with Crippen LogP contribution in [0.2, 0.25) is 0 Å². The highest BCUT2D eigenvalue weighted by Crippen LogP contribution is 2.23. The van der Waals surface area contributed by atoms with Crippen LogP contribution < -0.4 is 5.32 Å². The molecular weight excluding hydrogens is 314 g/mol. The molecule has 128 valence electrons. The fourth-order valence-corrected chi connectivity index (χ4v) is 2.86. The Bertz CT molecular complexity index is 830. The molecule has 1 heterocycles. The molecule has 0 unspecified atom stereocenters. The van der Waals surface area contributed by atoms with E-state index in [0.29, 0.717) is 6.42 Å². The van der Waals surface area contributed by atoms with Crippen molar-refractivity contribution in [3.05, 3.63) is 71.5 Å². The Hall–Kier alpha value is -3.02. The molecule has 0 aliphatic heterocycles. The molecule has 3 rings (SSSR count). The van der Waals surface area contributed by atoms with Crippen molar-refractivity contribution in [3.63, 3.8) is 0 Å². The zero-order valence-corrected chi connectivity index (χ0v) is 14.4. The van der Waals surface area contributed by atoms with Crippen molar-refractivity contribution in [3.8, 4) is 0 Å². The number of rotatable bonds is 6. The van der Waals surface area contributed by atoms with E-state index in [0.717, 1.165) is 28.8 Å². The summed E-state index contributed by atoms with van der Waals surface area (Å²) >= 11 is 0. The topological polar surface area (TPSA) is 72.7 Å². The number of hydrogen-bond acceptors (Lipinski definition) is 4. The molecule has 3 aromatic rings. The standard InChI is InChI=1S/C19H21N5O/c1-3-16-11-7-8-14(2)18(16)21-19(25)17(24-13-20-22-23-24)12-15-9-5-4-6-10-15/h4-11,13,17H,3,12H2,1-2H3,(H,21,25)/t17-/m1/s1. The fourth-order valence-electron chi connectivity index (χ4n) is 2.86. The zero-order chi connectivity index (χ0) is 17.6. The predicted molar refractivity (Wildman–Crippen MR) is 96.2 cm³/mol. The molecule has 0 spiro atoms. The lowest BCUT2D eigenvalue weighted by Gasteiger charge is -2.19. The number of aromatic nitrogens is 4. The third kappa shape index (κ3) is 3.91. The first kappa shape index (κ1) is 16.8. The van der Waals surface area contributed by atoms with E-state index in [-0.39, 0.29) is 5.91 Å². The molecule has 1 aromatic heterocycles. The van der Waals surface area contributed by atoms with E-state index >= 15 is 0 Å². The molecule has 6 nitrogen and oxygen atoms in total. The summed E-state index contributed by atoms with van der Waals surface area (Å²) in [4.78, 5) is 13.0.